The molecule has 10 nitrogen and oxygen atoms in total. The smallest absolute Gasteiger partial charge is 0.319 e. The van der Waals surface area contributed by atoms with Crippen LogP contribution >= 0.6 is 0 Å². The Morgan fingerprint density at radius 3 is 3.06 bits per heavy atom. The fourth-order valence-corrected chi connectivity index (χ4v) is 4.65. The second kappa shape index (κ2) is 9.57. The molecule has 0 saturated carbocycles. The molecule has 5 aromatic rings. The van der Waals surface area contributed by atoms with Crippen molar-refractivity contribution in [2.45, 2.75) is 25.4 Å². The fraction of sp³-hybridized carbons (Fsp3) is 0.231. The van der Waals surface area contributed by atoms with Crippen LogP contribution in [0.4, 0.5) is 16.3 Å². The van der Waals surface area contributed by atoms with E-state index in [1.807, 2.05) is 42.5 Å². The third kappa shape index (κ3) is 4.40. The van der Waals surface area contributed by atoms with E-state index >= 15 is 0 Å². The van der Waals surface area contributed by atoms with Crippen LogP contribution in [0.5, 0.6) is 5.75 Å². The van der Waals surface area contributed by atoms with Crippen molar-refractivity contribution >= 4 is 39.5 Å². The largest absolute Gasteiger partial charge is 0.491 e. The number of nitrogens with one attached hydrogen (secondary N) is 3. The number of imidazole rings is 1. The minimum absolute atomic E-state index is 0.176. The van der Waals surface area contributed by atoms with Gasteiger partial charge in [0, 0.05) is 17.6 Å². The minimum Gasteiger partial charge on any atom is -0.491 e. The number of H-pyrrole nitrogens is 1. The van der Waals surface area contributed by atoms with E-state index in [0.717, 1.165) is 47.2 Å². The molecule has 182 valence electrons. The Labute approximate surface area is 206 Å². The number of fused-ring (bicyclic) bond motifs is 2. The number of benzene rings is 2. The van der Waals surface area contributed by atoms with Crippen molar-refractivity contribution in [1.82, 2.24) is 25.3 Å². The Kier molecular flexibility index (Phi) is 5.82. The van der Waals surface area contributed by atoms with E-state index in [1.165, 1.54) is 0 Å². The van der Waals surface area contributed by atoms with Gasteiger partial charge >= 0.3 is 6.03 Å². The Bertz CT molecular complexity index is 1500. The maximum Gasteiger partial charge on any atom is 0.319 e. The molecule has 1 aliphatic heterocycles. The van der Waals surface area contributed by atoms with E-state index in [2.05, 4.69) is 35.5 Å². The summed E-state index contributed by atoms with van der Waals surface area (Å²) >= 11 is 0. The molecule has 6 rings (SSSR count). The van der Waals surface area contributed by atoms with Crippen LogP contribution in [0.2, 0.25) is 0 Å². The second-order valence-electron chi connectivity index (χ2n) is 8.68. The lowest BCUT2D eigenvalue weighted by Crippen LogP contribution is -2.35. The van der Waals surface area contributed by atoms with Gasteiger partial charge in [0.15, 0.2) is 11.5 Å². The number of carbonyl (C=O) groups excluding carboxylic acids is 1. The molecule has 3 aromatic heterocycles. The summed E-state index contributed by atoms with van der Waals surface area (Å²) in [5, 5.41) is 7.65. The predicted octanol–water partition coefficient (Wildman–Crippen LogP) is 4.47. The zero-order valence-electron chi connectivity index (χ0n) is 19.5. The standard InChI is InChI=1S/C26H25N7O3/c34-26(27-13-20-6-3-11-35-20)32-18-9-8-17-4-1-7-22(21(17)12-18)36-14-19-5-2-10-33(19)25-23-24(29-15-28-23)30-16-31-25/h1,3-4,6-9,11-12,15-16,19H,2,5,10,13-14H2,(H2,27,32,34)(H,28,29,30,31). The average Bonchev–Trinajstić information content (AvgIpc) is 3.68. The molecule has 3 N–H and O–H groups in total. The highest BCUT2D eigenvalue weighted by molar-refractivity contribution is 5.95. The van der Waals surface area contributed by atoms with Crippen LogP contribution in [0, 0.1) is 0 Å². The molecule has 0 spiro atoms. The molecular formula is C26H25N7O3. The number of nitrogens with zero attached hydrogens (tertiary/aromatic N) is 4. The van der Waals surface area contributed by atoms with Crippen LogP contribution in [0.15, 0.2) is 71.9 Å². The van der Waals surface area contributed by atoms with E-state index in [4.69, 9.17) is 9.15 Å². The fourth-order valence-electron chi connectivity index (χ4n) is 4.65. The van der Waals surface area contributed by atoms with Crippen molar-refractivity contribution in [2.24, 2.45) is 0 Å². The lowest BCUT2D eigenvalue weighted by molar-refractivity contribution is 0.251. The molecule has 2 aromatic carbocycles. The van der Waals surface area contributed by atoms with Crippen molar-refractivity contribution in [3.8, 4) is 5.75 Å². The van der Waals surface area contributed by atoms with Crippen molar-refractivity contribution in [2.75, 3.05) is 23.4 Å². The SMILES string of the molecule is O=C(NCc1ccco1)Nc1ccc2cccc(OCC3CCCN3c3ncnc4nc[nH]c34)c2c1. The summed E-state index contributed by atoms with van der Waals surface area (Å²) in [6.45, 7) is 1.73. The molecule has 36 heavy (non-hydrogen) atoms. The molecule has 10 heteroatoms. The number of anilines is 2. The first-order valence-corrected chi connectivity index (χ1v) is 11.9. The quantitative estimate of drug-likeness (QED) is 0.312. The number of hydrogen-bond donors (Lipinski definition) is 3. The first kappa shape index (κ1) is 21.9. The Morgan fingerprint density at radius 2 is 2.14 bits per heavy atom. The number of furan rings is 1. The van der Waals surface area contributed by atoms with Gasteiger partial charge in [-0.05, 0) is 48.6 Å². The van der Waals surface area contributed by atoms with Gasteiger partial charge < -0.3 is 29.7 Å². The van der Waals surface area contributed by atoms with E-state index in [1.54, 1.807) is 25.0 Å². The van der Waals surface area contributed by atoms with Crippen molar-refractivity contribution in [1.29, 1.82) is 0 Å². The van der Waals surface area contributed by atoms with Crippen molar-refractivity contribution < 1.29 is 13.9 Å². The van der Waals surface area contributed by atoms with Gasteiger partial charge in [-0.1, -0.05) is 18.2 Å². The number of amides is 2. The molecule has 4 heterocycles. The lowest BCUT2D eigenvalue weighted by atomic mass is 10.1. The van der Waals surface area contributed by atoms with Crippen LogP contribution in [0.25, 0.3) is 21.9 Å². The third-order valence-electron chi connectivity index (χ3n) is 6.39. The summed E-state index contributed by atoms with van der Waals surface area (Å²) in [6.07, 6.45) is 6.84. The Hall–Kier alpha value is -4.60. The number of urea groups is 1. The molecule has 0 aliphatic carbocycles. The van der Waals surface area contributed by atoms with Crippen LogP contribution in [-0.2, 0) is 6.54 Å². The zero-order valence-corrected chi connectivity index (χ0v) is 19.5. The molecule has 1 unspecified atom stereocenters. The van der Waals surface area contributed by atoms with Gasteiger partial charge in [-0.3, -0.25) is 0 Å². The molecule has 1 aliphatic rings. The molecule has 1 fully saturated rings. The highest BCUT2D eigenvalue weighted by Gasteiger charge is 2.28. The zero-order chi connectivity index (χ0) is 24.3. The average molecular weight is 484 g/mol. The monoisotopic (exact) mass is 483 g/mol. The van der Waals surface area contributed by atoms with Gasteiger partial charge in [-0.2, -0.15) is 0 Å². The van der Waals surface area contributed by atoms with E-state index < -0.39 is 0 Å². The molecule has 0 bridgehead atoms. The predicted molar refractivity (Wildman–Crippen MR) is 136 cm³/mol. The maximum atomic E-state index is 12.4. The highest BCUT2D eigenvalue weighted by atomic mass is 16.5. The minimum atomic E-state index is -0.305. The van der Waals surface area contributed by atoms with E-state index in [-0.39, 0.29) is 12.1 Å². The van der Waals surface area contributed by atoms with Crippen LogP contribution in [0.1, 0.15) is 18.6 Å². The molecule has 2 amide bonds. The summed E-state index contributed by atoms with van der Waals surface area (Å²) < 4.78 is 11.6. The first-order valence-electron chi connectivity index (χ1n) is 11.9. The first-order chi connectivity index (χ1) is 17.7. The lowest BCUT2D eigenvalue weighted by Gasteiger charge is -2.26. The van der Waals surface area contributed by atoms with E-state index in [0.29, 0.717) is 30.2 Å². The van der Waals surface area contributed by atoms with Gasteiger partial charge in [0.1, 0.15) is 30.0 Å². The summed E-state index contributed by atoms with van der Waals surface area (Å²) in [7, 11) is 0. The number of ether oxygens (including phenoxy) is 1. The maximum absolute atomic E-state index is 12.4. The van der Waals surface area contributed by atoms with Crippen LogP contribution in [-0.4, -0.2) is 45.2 Å². The number of rotatable bonds is 7. The second-order valence-corrected chi connectivity index (χ2v) is 8.68. The number of carbonyl (C=O) groups is 1. The normalized spacial score (nSPS) is 15.4. The van der Waals surface area contributed by atoms with Crippen molar-refractivity contribution in [3.63, 3.8) is 0 Å². The molecular weight excluding hydrogens is 458 g/mol. The summed E-state index contributed by atoms with van der Waals surface area (Å²) in [5.41, 5.74) is 2.19. The van der Waals surface area contributed by atoms with Gasteiger partial charge in [-0.25, -0.2) is 19.7 Å². The Morgan fingerprint density at radius 1 is 1.17 bits per heavy atom. The Balaban J connectivity index is 1.16. The number of aromatic amines is 1. The van der Waals surface area contributed by atoms with Crippen LogP contribution in [0.3, 0.4) is 0 Å². The van der Waals surface area contributed by atoms with Gasteiger partial charge in [0.25, 0.3) is 0 Å². The van der Waals surface area contributed by atoms with Crippen LogP contribution < -0.4 is 20.3 Å². The molecule has 1 atom stereocenters. The highest BCUT2D eigenvalue weighted by Crippen LogP contribution is 2.31. The number of hydrogen-bond acceptors (Lipinski definition) is 7. The summed E-state index contributed by atoms with van der Waals surface area (Å²) in [6, 6.07) is 15.2. The van der Waals surface area contributed by atoms with E-state index in [9.17, 15) is 4.79 Å². The topological polar surface area (TPSA) is 121 Å². The molecule has 0 radical (unpaired) electrons. The van der Waals surface area contributed by atoms with Gasteiger partial charge in [0.2, 0.25) is 0 Å². The number of aromatic nitrogens is 4. The van der Waals surface area contributed by atoms with Crippen molar-refractivity contribution in [3.05, 3.63) is 73.2 Å². The summed E-state index contributed by atoms with van der Waals surface area (Å²) in [5.74, 6) is 2.32. The summed E-state index contributed by atoms with van der Waals surface area (Å²) in [4.78, 5) is 30.8. The third-order valence-corrected chi connectivity index (χ3v) is 6.39. The van der Waals surface area contributed by atoms with Gasteiger partial charge in [0.05, 0.1) is 25.2 Å². The van der Waals surface area contributed by atoms with Gasteiger partial charge in [-0.15, -0.1) is 0 Å². The molecule has 1 saturated heterocycles.